The van der Waals surface area contributed by atoms with Crippen LogP contribution in [0.5, 0.6) is 5.75 Å². The van der Waals surface area contributed by atoms with E-state index < -0.39 is 0 Å². The van der Waals surface area contributed by atoms with E-state index in [4.69, 9.17) is 17.0 Å². The van der Waals surface area contributed by atoms with Gasteiger partial charge in [-0.1, -0.05) is 13.0 Å². The maximum atomic E-state index is 12.4. The summed E-state index contributed by atoms with van der Waals surface area (Å²) in [5.74, 6) is 0.178. The van der Waals surface area contributed by atoms with Gasteiger partial charge in [0, 0.05) is 23.4 Å². The summed E-state index contributed by atoms with van der Waals surface area (Å²) in [5.41, 5.74) is 1.68. The van der Waals surface area contributed by atoms with Crippen molar-refractivity contribution >= 4 is 34.8 Å². The van der Waals surface area contributed by atoms with Crippen molar-refractivity contribution < 1.29 is 14.3 Å². The molecule has 2 rings (SSSR count). The number of nitrogens with one attached hydrogen (secondary N) is 3. The van der Waals surface area contributed by atoms with Gasteiger partial charge in [-0.3, -0.25) is 14.9 Å². The van der Waals surface area contributed by atoms with Crippen LogP contribution in [0.1, 0.15) is 47.9 Å². The van der Waals surface area contributed by atoms with Crippen LogP contribution in [-0.4, -0.2) is 29.6 Å². The molecule has 0 saturated carbocycles. The summed E-state index contributed by atoms with van der Waals surface area (Å²) >= 11 is 5.21. The van der Waals surface area contributed by atoms with Crippen molar-refractivity contribution in [3.8, 4) is 5.75 Å². The zero-order valence-corrected chi connectivity index (χ0v) is 17.1. The van der Waals surface area contributed by atoms with Gasteiger partial charge in [0.2, 0.25) is 0 Å². The van der Waals surface area contributed by atoms with Crippen LogP contribution in [0, 0.1) is 0 Å². The number of thiocarbonyl (C=S) groups is 1. The van der Waals surface area contributed by atoms with Crippen LogP contribution < -0.4 is 20.7 Å². The fourth-order valence-corrected chi connectivity index (χ4v) is 2.54. The highest BCUT2D eigenvalue weighted by atomic mass is 32.1. The largest absolute Gasteiger partial charge is 0.491 e. The second kappa shape index (κ2) is 10.4. The molecule has 1 unspecified atom stereocenters. The van der Waals surface area contributed by atoms with Crippen LogP contribution in [0.4, 0.5) is 5.69 Å². The van der Waals surface area contributed by atoms with E-state index in [1.165, 1.54) is 0 Å². The van der Waals surface area contributed by atoms with Crippen LogP contribution in [0.3, 0.4) is 0 Å². The lowest BCUT2D eigenvalue weighted by Gasteiger charge is -2.14. The van der Waals surface area contributed by atoms with Crippen LogP contribution in [0.25, 0.3) is 0 Å². The highest BCUT2D eigenvalue weighted by Crippen LogP contribution is 2.16. The second-order valence-electron chi connectivity index (χ2n) is 6.21. The Hall–Kier alpha value is -2.93. The molecule has 2 aromatic rings. The van der Waals surface area contributed by atoms with E-state index in [1.807, 2.05) is 26.8 Å². The summed E-state index contributed by atoms with van der Waals surface area (Å²) < 4.78 is 5.74. The van der Waals surface area contributed by atoms with Crippen molar-refractivity contribution in [3.05, 3.63) is 59.7 Å². The molecule has 0 bridgehead atoms. The predicted molar refractivity (Wildman–Crippen MR) is 115 cm³/mol. The average molecular weight is 400 g/mol. The zero-order valence-electron chi connectivity index (χ0n) is 16.2. The van der Waals surface area contributed by atoms with Crippen molar-refractivity contribution in [1.29, 1.82) is 0 Å². The number of rotatable bonds is 7. The Labute approximate surface area is 170 Å². The van der Waals surface area contributed by atoms with Gasteiger partial charge in [-0.2, -0.15) is 0 Å². The van der Waals surface area contributed by atoms with Crippen molar-refractivity contribution in [2.24, 2.45) is 0 Å². The third kappa shape index (κ3) is 6.35. The van der Waals surface area contributed by atoms with E-state index in [0.717, 1.165) is 6.42 Å². The molecule has 0 aliphatic heterocycles. The highest BCUT2D eigenvalue weighted by Gasteiger charge is 2.11. The average Bonchev–Trinajstić information content (AvgIpc) is 2.68. The summed E-state index contributed by atoms with van der Waals surface area (Å²) in [7, 11) is 0. The fraction of sp³-hybridized carbons (Fsp3) is 0.286. The van der Waals surface area contributed by atoms with Gasteiger partial charge in [0.15, 0.2) is 5.11 Å². The van der Waals surface area contributed by atoms with E-state index in [-0.39, 0.29) is 23.0 Å². The summed E-state index contributed by atoms with van der Waals surface area (Å²) in [5, 5.41) is 8.48. The Morgan fingerprint density at radius 1 is 1.04 bits per heavy atom. The molecule has 0 radical (unpaired) electrons. The summed E-state index contributed by atoms with van der Waals surface area (Å²) in [6.45, 7) is 6.44. The minimum Gasteiger partial charge on any atom is -0.491 e. The van der Waals surface area contributed by atoms with Gasteiger partial charge in [0.1, 0.15) is 5.75 Å². The van der Waals surface area contributed by atoms with Crippen molar-refractivity contribution in [1.82, 2.24) is 10.6 Å². The number of anilines is 1. The van der Waals surface area contributed by atoms with E-state index in [1.54, 1.807) is 42.5 Å². The van der Waals surface area contributed by atoms with E-state index in [0.29, 0.717) is 29.1 Å². The summed E-state index contributed by atoms with van der Waals surface area (Å²) in [4.78, 5) is 24.2. The number of benzene rings is 2. The SMILES string of the molecule is CCNC(=O)c1ccc(NC(=S)NC(=O)c2cccc(OC(C)CC)c2)cc1. The van der Waals surface area contributed by atoms with Crippen LogP contribution >= 0.6 is 12.2 Å². The number of carbonyl (C=O) groups excluding carboxylic acids is 2. The van der Waals surface area contributed by atoms with E-state index in [9.17, 15) is 9.59 Å². The lowest BCUT2D eigenvalue weighted by atomic mass is 10.2. The Balaban J connectivity index is 1.94. The van der Waals surface area contributed by atoms with Gasteiger partial charge in [0.25, 0.3) is 11.8 Å². The molecule has 7 heteroatoms. The van der Waals surface area contributed by atoms with Gasteiger partial charge in [-0.25, -0.2) is 0 Å². The predicted octanol–water partition coefficient (Wildman–Crippen LogP) is 3.74. The summed E-state index contributed by atoms with van der Waals surface area (Å²) in [6.07, 6.45) is 0.951. The normalized spacial score (nSPS) is 11.2. The first kappa shape index (κ1) is 21.4. The second-order valence-corrected chi connectivity index (χ2v) is 6.62. The van der Waals surface area contributed by atoms with Gasteiger partial charge in [0.05, 0.1) is 6.10 Å². The highest BCUT2D eigenvalue weighted by molar-refractivity contribution is 7.80. The lowest BCUT2D eigenvalue weighted by molar-refractivity contribution is 0.0953. The lowest BCUT2D eigenvalue weighted by Crippen LogP contribution is -2.34. The third-order valence-corrected chi connectivity index (χ3v) is 4.18. The molecule has 1 atom stereocenters. The number of carbonyl (C=O) groups is 2. The Morgan fingerprint density at radius 3 is 2.39 bits per heavy atom. The first-order valence-corrected chi connectivity index (χ1v) is 9.61. The first-order chi connectivity index (χ1) is 13.4. The van der Waals surface area contributed by atoms with Crippen LogP contribution in [-0.2, 0) is 0 Å². The Kier molecular flexibility index (Phi) is 7.95. The van der Waals surface area contributed by atoms with Gasteiger partial charge in [-0.15, -0.1) is 0 Å². The van der Waals surface area contributed by atoms with Gasteiger partial charge < -0.3 is 15.4 Å². The molecule has 0 saturated heterocycles. The molecule has 0 aliphatic carbocycles. The van der Waals surface area contributed by atoms with Gasteiger partial charge >= 0.3 is 0 Å². The zero-order chi connectivity index (χ0) is 20.5. The van der Waals surface area contributed by atoms with E-state index >= 15 is 0 Å². The minimum absolute atomic E-state index is 0.0726. The molecule has 0 fully saturated rings. The number of hydrogen-bond acceptors (Lipinski definition) is 4. The molecule has 0 aromatic heterocycles. The molecule has 148 valence electrons. The molecular weight excluding hydrogens is 374 g/mol. The minimum atomic E-state index is -0.328. The van der Waals surface area contributed by atoms with Crippen LogP contribution in [0.2, 0.25) is 0 Å². The van der Waals surface area contributed by atoms with Crippen LogP contribution in [0.15, 0.2) is 48.5 Å². The smallest absolute Gasteiger partial charge is 0.257 e. The van der Waals surface area contributed by atoms with Crippen molar-refractivity contribution in [3.63, 3.8) is 0 Å². The molecular formula is C21H25N3O3S. The molecule has 0 heterocycles. The molecule has 3 N–H and O–H groups in total. The van der Waals surface area contributed by atoms with Gasteiger partial charge in [-0.05, 0) is 75.0 Å². The Morgan fingerprint density at radius 2 is 1.75 bits per heavy atom. The summed E-state index contributed by atoms with van der Waals surface area (Å²) in [6, 6.07) is 13.8. The first-order valence-electron chi connectivity index (χ1n) is 9.20. The molecule has 28 heavy (non-hydrogen) atoms. The van der Waals surface area contributed by atoms with E-state index in [2.05, 4.69) is 16.0 Å². The maximum Gasteiger partial charge on any atom is 0.257 e. The monoisotopic (exact) mass is 399 g/mol. The number of hydrogen-bond donors (Lipinski definition) is 3. The standard InChI is InChI=1S/C21H25N3O3S/c1-4-14(3)27-18-8-6-7-16(13-18)20(26)24-21(28)23-17-11-9-15(10-12-17)19(25)22-5-2/h6-14H,4-5H2,1-3H3,(H,22,25)(H2,23,24,26,28). The van der Waals surface area contributed by atoms with Crippen molar-refractivity contribution in [2.75, 3.05) is 11.9 Å². The third-order valence-electron chi connectivity index (χ3n) is 3.98. The molecule has 2 aromatic carbocycles. The molecule has 0 aliphatic rings. The number of ether oxygens (including phenoxy) is 1. The van der Waals surface area contributed by atoms with Crippen molar-refractivity contribution in [2.45, 2.75) is 33.3 Å². The number of amides is 2. The topological polar surface area (TPSA) is 79.5 Å². The Bertz CT molecular complexity index is 837. The fourth-order valence-electron chi connectivity index (χ4n) is 2.33. The molecule has 2 amide bonds. The molecule has 0 spiro atoms. The maximum absolute atomic E-state index is 12.4. The molecule has 6 nitrogen and oxygen atoms in total. The quantitative estimate of drug-likeness (QED) is 0.618.